The highest BCUT2D eigenvalue weighted by Crippen LogP contribution is 2.19. The number of anilines is 1. The monoisotopic (exact) mass is 356 g/mol. The van der Waals surface area contributed by atoms with Gasteiger partial charge >= 0.3 is 0 Å². The van der Waals surface area contributed by atoms with E-state index in [0.717, 1.165) is 32.7 Å². The van der Waals surface area contributed by atoms with Crippen LogP contribution in [-0.4, -0.2) is 69.9 Å². The lowest BCUT2D eigenvalue weighted by Gasteiger charge is -2.36. The normalized spacial score (nSPS) is 21.3. The molecule has 8 heteroatoms. The van der Waals surface area contributed by atoms with Crippen molar-refractivity contribution in [2.45, 2.75) is 18.9 Å². The molecule has 0 bridgehead atoms. The number of aromatic nitrogens is 4. The molecular weight excluding hydrogens is 332 g/mol. The molecule has 2 aromatic heterocycles. The van der Waals surface area contributed by atoms with Crippen molar-refractivity contribution in [3.05, 3.63) is 35.0 Å². The van der Waals surface area contributed by atoms with Gasteiger partial charge in [-0.3, -0.25) is 9.36 Å². The van der Waals surface area contributed by atoms with Gasteiger partial charge in [0.25, 0.3) is 5.56 Å². The standard InChI is InChI=1S/C18H24N6O2/c1-22-17(25)10-16(15-4-5-19-13-20-15)21-18(22)24-8-9-26-14(12-24)11-23-6-2-3-7-23/h4-5,10,13-14H,2-3,6-9,11-12H2,1H3. The fourth-order valence-electron chi connectivity index (χ4n) is 3.65. The second kappa shape index (κ2) is 7.51. The van der Waals surface area contributed by atoms with Gasteiger partial charge in [0.05, 0.1) is 24.1 Å². The van der Waals surface area contributed by atoms with Crippen molar-refractivity contribution in [2.24, 2.45) is 7.05 Å². The van der Waals surface area contributed by atoms with Crippen LogP contribution in [-0.2, 0) is 11.8 Å². The Morgan fingerprint density at radius 1 is 1.23 bits per heavy atom. The molecule has 138 valence electrons. The summed E-state index contributed by atoms with van der Waals surface area (Å²) in [4.78, 5) is 29.9. The Kier molecular flexibility index (Phi) is 4.94. The second-order valence-corrected chi connectivity index (χ2v) is 6.88. The Hall–Kier alpha value is -2.32. The second-order valence-electron chi connectivity index (χ2n) is 6.88. The maximum Gasteiger partial charge on any atom is 0.255 e. The van der Waals surface area contributed by atoms with Crippen LogP contribution < -0.4 is 10.5 Å². The van der Waals surface area contributed by atoms with Gasteiger partial charge in [0.1, 0.15) is 6.33 Å². The van der Waals surface area contributed by atoms with Gasteiger partial charge in [0.2, 0.25) is 5.95 Å². The molecule has 0 amide bonds. The van der Waals surface area contributed by atoms with Crippen molar-refractivity contribution in [3.63, 3.8) is 0 Å². The predicted octanol–water partition coefficient (Wildman–Crippen LogP) is 0.538. The average molecular weight is 356 g/mol. The minimum absolute atomic E-state index is 0.0915. The molecule has 2 aromatic rings. The Morgan fingerprint density at radius 2 is 2.08 bits per heavy atom. The Morgan fingerprint density at radius 3 is 2.85 bits per heavy atom. The molecule has 26 heavy (non-hydrogen) atoms. The van der Waals surface area contributed by atoms with Crippen LogP contribution >= 0.6 is 0 Å². The van der Waals surface area contributed by atoms with Gasteiger partial charge in [-0.15, -0.1) is 0 Å². The van der Waals surface area contributed by atoms with Gasteiger partial charge in [0.15, 0.2) is 0 Å². The minimum Gasteiger partial charge on any atom is -0.373 e. The van der Waals surface area contributed by atoms with Crippen LogP contribution in [0.2, 0.25) is 0 Å². The zero-order chi connectivity index (χ0) is 17.9. The summed E-state index contributed by atoms with van der Waals surface area (Å²) in [5.74, 6) is 0.667. The molecule has 2 fully saturated rings. The largest absolute Gasteiger partial charge is 0.373 e. The molecule has 8 nitrogen and oxygen atoms in total. The third kappa shape index (κ3) is 3.61. The molecule has 2 saturated heterocycles. The highest BCUT2D eigenvalue weighted by atomic mass is 16.5. The van der Waals surface area contributed by atoms with Crippen LogP contribution in [0.1, 0.15) is 12.8 Å². The quantitative estimate of drug-likeness (QED) is 0.791. The maximum atomic E-state index is 12.5. The Bertz CT molecular complexity index is 803. The van der Waals surface area contributed by atoms with E-state index >= 15 is 0 Å². The summed E-state index contributed by atoms with van der Waals surface area (Å²) in [5.41, 5.74) is 1.14. The number of ether oxygens (including phenoxy) is 1. The lowest BCUT2D eigenvalue weighted by atomic mass is 10.2. The fourth-order valence-corrected chi connectivity index (χ4v) is 3.65. The molecule has 0 aromatic carbocycles. The van der Waals surface area contributed by atoms with E-state index in [4.69, 9.17) is 9.72 Å². The molecule has 4 rings (SSSR count). The van der Waals surface area contributed by atoms with Crippen LogP contribution in [0.5, 0.6) is 0 Å². The molecule has 2 aliphatic heterocycles. The van der Waals surface area contributed by atoms with Crippen LogP contribution in [0.4, 0.5) is 5.95 Å². The van der Waals surface area contributed by atoms with Gasteiger partial charge in [-0.1, -0.05) is 0 Å². The number of rotatable bonds is 4. The smallest absolute Gasteiger partial charge is 0.255 e. The summed E-state index contributed by atoms with van der Waals surface area (Å²) in [6.07, 6.45) is 5.80. The van der Waals surface area contributed by atoms with Gasteiger partial charge in [-0.25, -0.2) is 15.0 Å². The van der Waals surface area contributed by atoms with E-state index < -0.39 is 0 Å². The number of hydrogen-bond donors (Lipinski definition) is 0. The van der Waals surface area contributed by atoms with Gasteiger partial charge in [0, 0.05) is 38.9 Å². The number of nitrogens with zero attached hydrogens (tertiary/aromatic N) is 6. The van der Waals surface area contributed by atoms with Crippen molar-refractivity contribution in [2.75, 3.05) is 44.2 Å². The van der Waals surface area contributed by atoms with Gasteiger partial charge in [-0.05, 0) is 32.0 Å². The Balaban J connectivity index is 1.57. The van der Waals surface area contributed by atoms with E-state index in [9.17, 15) is 4.79 Å². The van der Waals surface area contributed by atoms with Crippen LogP contribution in [0.3, 0.4) is 0 Å². The zero-order valence-electron chi connectivity index (χ0n) is 15.0. The van der Waals surface area contributed by atoms with Crippen LogP contribution in [0.25, 0.3) is 11.4 Å². The maximum absolute atomic E-state index is 12.5. The molecule has 0 spiro atoms. The first-order chi connectivity index (χ1) is 12.7. The highest BCUT2D eigenvalue weighted by Gasteiger charge is 2.26. The number of hydrogen-bond acceptors (Lipinski definition) is 7. The van der Waals surface area contributed by atoms with Crippen LogP contribution in [0.15, 0.2) is 29.5 Å². The molecule has 1 unspecified atom stereocenters. The van der Waals surface area contributed by atoms with Crippen molar-refractivity contribution < 1.29 is 4.74 Å². The van der Waals surface area contributed by atoms with Crippen molar-refractivity contribution >= 4 is 5.95 Å². The topological polar surface area (TPSA) is 76.4 Å². The summed E-state index contributed by atoms with van der Waals surface area (Å²) in [6, 6.07) is 3.29. The van der Waals surface area contributed by atoms with E-state index in [1.807, 2.05) is 0 Å². The van der Waals surface area contributed by atoms with Crippen molar-refractivity contribution in [3.8, 4) is 11.4 Å². The van der Waals surface area contributed by atoms with Crippen LogP contribution in [0, 0.1) is 0 Å². The molecule has 1 atom stereocenters. The predicted molar refractivity (Wildman–Crippen MR) is 98.1 cm³/mol. The Labute approximate surface area is 152 Å². The third-order valence-electron chi connectivity index (χ3n) is 5.04. The minimum atomic E-state index is -0.0915. The highest BCUT2D eigenvalue weighted by molar-refractivity contribution is 5.55. The molecule has 0 saturated carbocycles. The van der Waals surface area contributed by atoms with E-state index in [2.05, 4.69) is 19.8 Å². The number of likely N-dealkylation sites (tertiary alicyclic amines) is 1. The number of morpholine rings is 1. The van der Waals surface area contributed by atoms with Gasteiger partial charge < -0.3 is 14.5 Å². The van der Waals surface area contributed by atoms with Crippen molar-refractivity contribution in [1.82, 2.24) is 24.4 Å². The van der Waals surface area contributed by atoms with Gasteiger partial charge in [-0.2, -0.15) is 0 Å². The third-order valence-corrected chi connectivity index (χ3v) is 5.04. The van der Waals surface area contributed by atoms with E-state index in [1.54, 1.807) is 23.9 Å². The molecule has 0 radical (unpaired) electrons. The SMILES string of the molecule is Cn1c(N2CCOC(CN3CCCC3)C2)nc(-c2ccncn2)cc1=O. The lowest BCUT2D eigenvalue weighted by molar-refractivity contribution is 0.0195. The summed E-state index contributed by atoms with van der Waals surface area (Å²) >= 11 is 0. The first-order valence-corrected chi connectivity index (χ1v) is 9.14. The molecule has 2 aliphatic rings. The summed E-state index contributed by atoms with van der Waals surface area (Å²) in [5, 5.41) is 0. The molecule has 4 heterocycles. The summed E-state index contributed by atoms with van der Waals surface area (Å²) in [7, 11) is 1.76. The summed E-state index contributed by atoms with van der Waals surface area (Å²) < 4.78 is 7.56. The van der Waals surface area contributed by atoms with E-state index in [-0.39, 0.29) is 11.7 Å². The fraction of sp³-hybridized carbons (Fsp3) is 0.556. The zero-order valence-corrected chi connectivity index (χ0v) is 15.0. The first-order valence-electron chi connectivity index (χ1n) is 9.14. The summed E-state index contributed by atoms with van der Waals surface area (Å²) in [6.45, 7) is 5.36. The van der Waals surface area contributed by atoms with E-state index in [0.29, 0.717) is 23.9 Å². The molecule has 0 N–H and O–H groups in total. The van der Waals surface area contributed by atoms with E-state index in [1.165, 1.54) is 25.2 Å². The first kappa shape index (κ1) is 17.1. The van der Waals surface area contributed by atoms with Crippen molar-refractivity contribution in [1.29, 1.82) is 0 Å². The lowest BCUT2D eigenvalue weighted by Crippen LogP contribution is -2.48. The molecular formula is C18H24N6O2. The average Bonchev–Trinajstić information content (AvgIpc) is 3.18. The molecule has 0 aliphatic carbocycles.